The van der Waals surface area contributed by atoms with Crippen LogP contribution in [0.15, 0.2) is 42.6 Å². The van der Waals surface area contributed by atoms with E-state index in [9.17, 15) is 4.79 Å². The molecule has 5 nitrogen and oxygen atoms in total. The molecule has 1 aromatic heterocycles. The number of anilines is 1. The number of rotatable bonds is 6. The number of nitrogens with zero attached hydrogens (tertiary/aromatic N) is 1. The van der Waals surface area contributed by atoms with Crippen molar-refractivity contribution in [1.29, 1.82) is 0 Å². The molecule has 2 rings (SSSR count). The molecule has 0 spiro atoms. The summed E-state index contributed by atoms with van der Waals surface area (Å²) in [6.45, 7) is 3.27. The van der Waals surface area contributed by atoms with Crippen LogP contribution in [-0.4, -0.2) is 17.6 Å². The first kappa shape index (κ1) is 15.0. The lowest BCUT2D eigenvalue weighted by molar-refractivity contribution is 0.0526. The van der Waals surface area contributed by atoms with E-state index in [2.05, 4.69) is 10.3 Å². The maximum Gasteiger partial charge on any atom is 0.339 e. The van der Waals surface area contributed by atoms with Gasteiger partial charge in [0.1, 0.15) is 5.82 Å². The van der Waals surface area contributed by atoms with E-state index in [-0.39, 0.29) is 5.97 Å². The molecule has 0 atom stereocenters. The molecule has 110 valence electrons. The average molecular weight is 285 g/mol. The summed E-state index contributed by atoms with van der Waals surface area (Å²) < 4.78 is 4.91. The van der Waals surface area contributed by atoms with Gasteiger partial charge in [0.2, 0.25) is 0 Å². The van der Waals surface area contributed by atoms with Crippen molar-refractivity contribution in [3.8, 4) is 0 Å². The lowest BCUT2D eigenvalue weighted by Crippen LogP contribution is -2.08. The van der Waals surface area contributed by atoms with E-state index >= 15 is 0 Å². The Morgan fingerprint density at radius 3 is 2.62 bits per heavy atom. The largest absolute Gasteiger partial charge is 0.462 e. The predicted molar refractivity (Wildman–Crippen MR) is 81.9 cm³/mol. The fourth-order valence-corrected chi connectivity index (χ4v) is 1.95. The first-order chi connectivity index (χ1) is 10.2. The Morgan fingerprint density at radius 2 is 2.00 bits per heavy atom. The molecule has 0 radical (unpaired) electrons. The van der Waals surface area contributed by atoms with Crippen LogP contribution in [0, 0.1) is 0 Å². The summed E-state index contributed by atoms with van der Waals surface area (Å²) >= 11 is 0. The molecule has 3 N–H and O–H groups in total. The van der Waals surface area contributed by atoms with Crippen LogP contribution in [0.5, 0.6) is 0 Å². The zero-order chi connectivity index (χ0) is 15.1. The number of aromatic nitrogens is 1. The van der Waals surface area contributed by atoms with Crippen LogP contribution < -0.4 is 11.1 Å². The Morgan fingerprint density at radius 1 is 1.24 bits per heavy atom. The second kappa shape index (κ2) is 7.40. The maximum atomic E-state index is 11.5. The fourth-order valence-electron chi connectivity index (χ4n) is 1.95. The van der Waals surface area contributed by atoms with E-state index in [0.717, 1.165) is 11.1 Å². The van der Waals surface area contributed by atoms with Crippen molar-refractivity contribution >= 4 is 11.8 Å². The van der Waals surface area contributed by atoms with Crippen molar-refractivity contribution in [2.24, 2.45) is 5.73 Å². The highest BCUT2D eigenvalue weighted by atomic mass is 16.5. The van der Waals surface area contributed by atoms with Crippen LogP contribution in [-0.2, 0) is 17.8 Å². The number of ether oxygens (including phenoxy) is 1. The molecule has 0 bridgehead atoms. The van der Waals surface area contributed by atoms with Crippen LogP contribution in [0.25, 0.3) is 0 Å². The summed E-state index contributed by atoms with van der Waals surface area (Å²) in [5.74, 6) is 0.347. The molecule has 1 aromatic carbocycles. The molecule has 2 aromatic rings. The number of nitrogens with two attached hydrogens (primary N) is 1. The quantitative estimate of drug-likeness (QED) is 0.796. The molecule has 0 fully saturated rings. The molecule has 0 saturated carbocycles. The zero-order valence-corrected chi connectivity index (χ0v) is 12.0. The molecule has 0 aliphatic carbocycles. The van der Waals surface area contributed by atoms with Gasteiger partial charge in [0.15, 0.2) is 0 Å². The molecular formula is C16H19N3O2. The van der Waals surface area contributed by atoms with E-state index in [0.29, 0.717) is 31.1 Å². The van der Waals surface area contributed by atoms with Crippen LogP contribution in [0.3, 0.4) is 0 Å². The lowest BCUT2D eigenvalue weighted by atomic mass is 10.1. The zero-order valence-electron chi connectivity index (χ0n) is 12.0. The van der Waals surface area contributed by atoms with Crippen molar-refractivity contribution in [1.82, 2.24) is 4.98 Å². The molecule has 1 heterocycles. The molecule has 5 heteroatoms. The van der Waals surface area contributed by atoms with Gasteiger partial charge in [-0.3, -0.25) is 0 Å². The van der Waals surface area contributed by atoms with Gasteiger partial charge in [-0.05, 0) is 30.2 Å². The van der Waals surface area contributed by atoms with Crippen molar-refractivity contribution in [2.45, 2.75) is 20.0 Å². The molecule has 0 aliphatic rings. The van der Waals surface area contributed by atoms with Gasteiger partial charge < -0.3 is 15.8 Å². The highest BCUT2D eigenvalue weighted by Gasteiger charge is 2.06. The van der Waals surface area contributed by atoms with E-state index < -0.39 is 0 Å². The van der Waals surface area contributed by atoms with Gasteiger partial charge in [0.05, 0.1) is 12.2 Å². The minimum atomic E-state index is -0.356. The van der Waals surface area contributed by atoms with E-state index in [1.165, 1.54) is 6.20 Å². The van der Waals surface area contributed by atoms with Crippen LogP contribution in [0.4, 0.5) is 5.82 Å². The first-order valence-corrected chi connectivity index (χ1v) is 6.88. The summed E-state index contributed by atoms with van der Waals surface area (Å²) in [6.07, 6.45) is 1.51. The number of carbonyl (C=O) groups is 1. The molecular weight excluding hydrogens is 266 g/mol. The molecule has 0 aliphatic heterocycles. The van der Waals surface area contributed by atoms with Crippen molar-refractivity contribution < 1.29 is 9.53 Å². The molecule has 21 heavy (non-hydrogen) atoms. The van der Waals surface area contributed by atoms with Gasteiger partial charge in [-0.1, -0.05) is 24.3 Å². The SMILES string of the molecule is CCOC(=O)c1ccc(NCc2ccccc2CN)nc1. The Balaban J connectivity index is 1.99. The lowest BCUT2D eigenvalue weighted by Gasteiger charge is -2.10. The average Bonchev–Trinajstić information content (AvgIpc) is 2.54. The van der Waals surface area contributed by atoms with Crippen molar-refractivity contribution in [2.75, 3.05) is 11.9 Å². The van der Waals surface area contributed by atoms with E-state index in [1.54, 1.807) is 19.1 Å². The topological polar surface area (TPSA) is 77.2 Å². The summed E-state index contributed by atoms with van der Waals surface area (Å²) in [7, 11) is 0. The van der Waals surface area contributed by atoms with Crippen molar-refractivity contribution in [3.63, 3.8) is 0 Å². The standard InChI is InChI=1S/C16H19N3O2/c1-2-21-16(20)14-7-8-15(19-11-14)18-10-13-6-4-3-5-12(13)9-17/h3-8,11H,2,9-10,17H2,1H3,(H,18,19). The summed E-state index contributed by atoms with van der Waals surface area (Å²) in [6, 6.07) is 11.4. The number of hydrogen-bond acceptors (Lipinski definition) is 5. The van der Waals surface area contributed by atoms with Gasteiger partial charge in [0.25, 0.3) is 0 Å². The molecule has 0 unspecified atom stereocenters. The Kier molecular flexibility index (Phi) is 5.29. The minimum Gasteiger partial charge on any atom is -0.462 e. The second-order valence-corrected chi connectivity index (χ2v) is 4.48. The monoisotopic (exact) mass is 285 g/mol. The van der Waals surface area contributed by atoms with Gasteiger partial charge in [-0.2, -0.15) is 0 Å². The number of nitrogens with one attached hydrogen (secondary N) is 1. The van der Waals surface area contributed by atoms with E-state index in [1.807, 2.05) is 24.3 Å². The number of carbonyl (C=O) groups excluding carboxylic acids is 1. The fraction of sp³-hybridized carbons (Fsp3) is 0.250. The van der Waals surface area contributed by atoms with Crippen LogP contribution in [0.1, 0.15) is 28.4 Å². The number of hydrogen-bond donors (Lipinski definition) is 2. The normalized spacial score (nSPS) is 10.2. The van der Waals surface area contributed by atoms with E-state index in [4.69, 9.17) is 10.5 Å². The minimum absolute atomic E-state index is 0.356. The Labute approximate surface area is 124 Å². The van der Waals surface area contributed by atoms with Gasteiger partial charge in [-0.15, -0.1) is 0 Å². The number of pyridine rings is 1. The number of benzene rings is 1. The third-order valence-electron chi connectivity index (χ3n) is 3.07. The maximum absolute atomic E-state index is 11.5. The van der Waals surface area contributed by atoms with Gasteiger partial charge >= 0.3 is 5.97 Å². The summed E-state index contributed by atoms with van der Waals surface area (Å²) in [5.41, 5.74) is 8.40. The summed E-state index contributed by atoms with van der Waals surface area (Å²) in [4.78, 5) is 15.7. The number of esters is 1. The Bertz CT molecular complexity index is 597. The Hall–Kier alpha value is -2.40. The third kappa shape index (κ3) is 4.03. The highest BCUT2D eigenvalue weighted by Crippen LogP contribution is 2.12. The third-order valence-corrected chi connectivity index (χ3v) is 3.07. The molecule has 0 amide bonds. The highest BCUT2D eigenvalue weighted by molar-refractivity contribution is 5.89. The van der Waals surface area contributed by atoms with Gasteiger partial charge in [0, 0.05) is 19.3 Å². The van der Waals surface area contributed by atoms with Crippen molar-refractivity contribution in [3.05, 3.63) is 59.3 Å². The van der Waals surface area contributed by atoms with Gasteiger partial charge in [-0.25, -0.2) is 9.78 Å². The van der Waals surface area contributed by atoms with Crippen LogP contribution >= 0.6 is 0 Å². The molecule has 0 saturated heterocycles. The first-order valence-electron chi connectivity index (χ1n) is 6.88. The second-order valence-electron chi connectivity index (χ2n) is 4.48. The smallest absolute Gasteiger partial charge is 0.339 e. The van der Waals surface area contributed by atoms with Crippen LogP contribution in [0.2, 0.25) is 0 Å². The predicted octanol–water partition coefficient (Wildman–Crippen LogP) is 2.33. The summed E-state index contributed by atoms with van der Waals surface area (Å²) in [5, 5.41) is 3.22.